The second kappa shape index (κ2) is 12.7. The number of nitrogens with zero attached hydrogens (tertiary/aromatic N) is 4. The van der Waals surface area contributed by atoms with E-state index in [1.807, 2.05) is 19.1 Å². The summed E-state index contributed by atoms with van der Waals surface area (Å²) in [7, 11) is 0. The Morgan fingerprint density at radius 3 is 2.44 bits per heavy atom. The van der Waals surface area contributed by atoms with Crippen molar-refractivity contribution in [3.63, 3.8) is 0 Å². The lowest BCUT2D eigenvalue weighted by molar-refractivity contribution is 0.0493. The summed E-state index contributed by atoms with van der Waals surface area (Å²) in [4.78, 5) is 36.1. The molecule has 0 saturated carbocycles. The molecule has 4 heterocycles. The summed E-state index contributed by atoms with van der Waals surface area (Å²) in [6.07, 6.45) is 3.58. The number of carboxylic acid groups (broad SMARTS) is 1. The van der Waals surface area contributed by atoms with E-state index in [4.69, 9.17) is 14.6 Å². The number of amides is 2. The molecule has 226 valence electrons. The second-order valence-corrected chi connectivity index (χ2v) is 11.6. The first-order valence-corrected chi connectivity index (χ1v) is 15.0. The van der Waals surface area contributed by atoms with Crippen LogP contribution in [0.2, 0.25) is 0 Å². The largest absolute Gasteiger partial charge is 0.478 e. The minimum absolute atomic E-state index is 0.0530. The van der Waals surface area contributed by atoms with E-state index >= 15 is 0 Å². The van der Waals surface area contributed by atoms with Crippen LogP contribution >= 0.6 is 0 Å². The van der Waals surface area contributed by atoms with Crippen molar-refractivity contribution in [2.45, 2.75) is 57.3 Å². The molecule has 3 fully saturated rings. The van der Waals surface area contributed by atoms with Crippen molar-refractivity contribution in [1.82, 2.24) is 19.7 Å². The monoisotopic (exact) mass is 588 g/mol. The van der Waals surface area contributed by atoms with Crippen LogP contribution in [-0.4, -0.2) is 81.7 Å². The van der Waals surface area contributed by atoms with E-state index in [0.29, 0.717) is 13.2 Å². The third-order valence-electron chi connectivity index (χ3n) is 8.90. The van der Waals surface area contributed by atoms with Gasteiger partial charge in [-0.15, -0.1) is 0 Å². The summed E-state index contributed by atoms with van der Waals surface area (Å²) in [5.41, 5.74) is 2.88. The van der Waals surface area contributed by atoms with Crippen molar-refractivity contribution in [1.29, 1.82) is 0 Å². The molecule has 0 aliphatic carbocycles. The normalized spacial score (nSPS) is 20.5. The Labute approximate surface area is 250 Å². The lowest BCUT2D eigenvalue weighted by Gasteiger charge is -2.39. The van der Waals surface area contributed by atoms with E-state index < -0.39 is 11.8 Å². The van der Waals surface area contributed by atoms with E-state index in [9.17, 15) is 14.0 Å². The van der Waals surface area contributed by atoms with Gasteiger partial charge >= 0.3 is 12.0 Å². The molecule has 3 aliphatic heterocycles. The maximum atomic E-state index is 14.3. The van der Waals surface area contributed by atoms with Crippen molar-refractivity contribution in [2.75, 3.05) is 32.8 Å². The molecule has 0 bridgehead atoms. The molecule has 0 unspecified atom stereocenters. The minimum atomic E-state index is -1.20. The average Bonchev–Trinajstić information content (AvgIpc) is 3.37. The van der Waals surface area contributed by atoms with Crippen LogP contribution in [0.5, 0.6) is 11.6 Å². The number of ether oxygens (including phenoxy) is 2. The van der Waals surface area contributed by atoms with Crippen molar-refractivity contribution in [2.24, 2.45) is 0 Å². The number of carbonyl (C=O) groups is 2. The Hall–Kier alpha value is -4.02. The molecule has 2 aromatic carbocycles. The van der Waals surface area contributed by atoms with Crippen LogP contribution < -0.4 is 4.74 Å². The fraction of sp³-hybridized carbons (Fsp3) is 0.424. The van der Waals surface area contributed by atoms with Crippen molar-refractivity contribution in [3.8, 4) is 11.6 Å². The number of aromatic nitrogens is 1. The molecule has 1 N–H and O–H groups in total. The van der Waals surface area contributed by atoms with Crippen molar-refractivity contribution in [3.05, 3.63) is 88.9 Å². The molecule has 3 saturated heterocycles. The van der Waals surface area contributed by atoms with Gasteiger partial charge in [0.1, 0.15) is 0 Å². The zero-order valence-corrected chi connectivity index (χ0v) is 24.3. The maximum Gasteiger partial charge on any atom is 0.335 e. The number of benzene rings is 2. The number of hydrogen-bond acceptors (Lipinski definition) is 6. The molecule has 0 radical (unpaired) electrons. The maximum absolute atomic E-state index is 14.3. The van der Waals surface area contributed by atoms with Crippen LogP contribution in [0.4, 0.5) is 9.18 Å². The summed E-state index contributed by atoms with van der Waals surface area (Å²) < 4.78 is 25.5. The first-order valence-electron chi connectivity index (χ1n) is 15.0. The third kappa shape index (κ3) is 6.35. The zero-order valence-electron chi connectivity index (χ0n) is 24.3. The molecule has 43 heavy (non-hydrogen) atoms. The number of rotatable bonds is 8. The van der Waals surface area contributed by atoms with Crippen LogP contribution in [0.1, 0.15) is 58.9 Å². The standard InChI is InChI=1S/C33H37FN4O5/c1-22-25(8-10-31(35-22)43-30-9-7-24(32(39)40)19-28(30)34)20-36-15-11-27(12-16-36)38-29(23-5-3-2-4-6-23)21-37(33(38)41)26-13-17-42-18-14-26/h2-10,19,26-27,29H,11-18,20-21H2,1H3,(H,39,40)/t29-/m0/s1. The Balaban J connectivity index is 1.09. The third-order valence-corrected chi connectivity index (χ3v) is 8.90. The molecule has 6 rings (SSSR count). The van der Waals surface area contributed by atoms with Gasteiger partial charge in [-0.3, -0.25) is 4.90 Å². The molecule has 1 aromatic heterocycles. The van der Waals surface area contributed by atoms with Crippen LogP contribution in [0, 0.1) is 12.7 Å². The van der Waals surface area contributed by atoms with E-state index in [1.54, 1.807) is 6.07 Å². The molecule has 3 aliphatic rings. The van der Waals surface area contributed by atoms with Crippen LogP contribution in [-0.2, 0) is 11.3 Å². The van der Waals surface area contributed by atoms with Crippen molar-refractivity contribution >= 4 is 12.0 Å². The number of carboxylic acids is 1. The van der Waals surface area contributed by atoms with Gasteiger partial charge < -0.3 is 24.4 Å². The number of pyridine rings is 1. The highest BCUT2D eigenvalue weighted by Crippen LogP contribution is 2.37. The predicted molar refractivity (Wildman–Crippen MR) is 158 cm³/mol. The van der Waals surface area contributed by atoms with Gasteiger partial charge in [0.15, 0.2) is 11.6 Å². The zero-order chi connectivity index (χ0) is 29.9. The van der Waals surface area contributed by atoms with Gasteiger partial charge in [-0.25, -0.2) is 19.0 Å². The quantitative estimate of drug-likeness (QED) is 0.364. The molecule has 1 atom stereocenters. The molecule has 0 spiro atoms. The van der Waals surface area contributed by atoms with Crippen LogP contribution in [0.25, 0.3) is 0 Å². The fourth-order valence-electron chi connectivity index (χ4n) is 6.50. The van der Waals surface area contributed by atoms with E-state index in [0.717, 1.165) is 69.2 Å². The van der Waals surface area contributed by atoms with Gasteiger partial charge in [0.05, 0.1) is 11.6 Å². The fourth-order valence-corrected chi connectivity index (χ4v) is 6.50. The number of aromatic carboxylic acids is 1. The first-order chi connectivity index (χ1) is 20.9. The van der Waals surface area contributed by atoms with Gasteiger partial charge in [-0.2, -0.15) is 0 Å². The Morgan fingerprint density at radius 2 is 1.77 bits per heavy atom. The summed E-state index contributed by atoms with van der Waals surface area (Å²) in [5, 5.41) is 9.04. The number of halogens is 1. The van der Waals surface area contributed by atoms with E-state index in [-0.39, 0.29) is 41.3 Å². The highest BCUT2D eigenvalue weighted by atomic mass is 19.1. The van der Waals surface area contributed by atoms with Gasteiger partial charge in [0, 0.05) is 63.2 Å². The first kappa shape index (κ1) is 29.1. The summed E-state index contributed by atoms with van der Waals surface area (Å²) in [6, 6.07) is 18.2. The van der Waals surface area contributed by atoms with Crippen LogP contribution in [0.3, 0.4) is 0 Å². The van der Waals surface area contributed by atoms with E-state index in [2.05, 4.69) is 43.9 Å². The highest BCUT2D eigenvalue weighted by molar-refractivity contribution is 5.87. The van der Waals surface area contributed by atoms with Gasteiger partial charge in [-0.05, 0) is 61.9 Å². The molecule has 10 heteroatoms. The summed E-state index contributed by atoms with van der Waals surface area (Å²) in [5.74, 6) is -1.79. The smallest absolute Gasteiger partial charge is 0.335 e. The molecule has 9 nitrogen and oxygen atoms in total. The summed E-state index contributed by atoms with van der Waals surface area (Å²) in [6.45, 7) is 6.50. The van der Waals surface area contributed by atoms with Gasteiger partial charge in [0.25, 0.3) is 0 Å². The summed E-state index contributed by atoms with van der Waals surface area (Å²) >= 11 is 0. The molecule has 3 aromatic rings. The molecule has 2 amide bonds. The topological polar surface area (TPSA) is 95.4 Å². The molecular weight excluding hydrogens is 551 g/mol. The second-order valence-electron chi connectivity index (χ2n) is 11.6. The van der Waals surface area contributed by atoms with Crippen molar-refractivity contribution < 1.29 is 28.6 Å². The Morgan fingerprint density at radius 1 is 1.02 bits per heavy atom. The molecular formula is C33H37FN4O5. The average molecular weight is 589 g/mol. The number of carbonyl (C=O) groups excluding carboxylic acids is 1. The van der Waals surface area contributed by atoms with E-state index in [1.165, 1.54) is 17.7 Å². The Bertz CT molecular complexity index is 1460. The number of likely N-dealkylation sites (tertiary alicyclic amines) is 1. The number of piperidine rings is 1. The number of urea groups is 1. The number of aryl methyl sites for hydroxylation is 1. The predicted octanol–water partition coefficient (Wildman–Crippen LogP) is 5.64. The van der Waals surface area contributed by atoms with Gasteiger partial charge in [-0.1, -0.05) is 36.4 Å². The highest BCUT2D eigenvalue weighted by Gasteiger charge is 2.45. The van der Waals surface area contributed by atoms with Gasteiger partial charge in [0.2, 0.25) is 5.88 Å². The minimum Gasteiger partial charge on any atom is -0.478 e. The SMILES string of the molecule is Cc1nc(Oc2ccc(C(=O)O)cc2F)ccc1CN1CCC(N2C(=O)N(C3CCOCC3)C[C@H]2c2ccccc2)CC1. The lowest BCUT2D eigenvalue weighted by atomic mass is 9.98. The number of hydrogen-bond donors (Lipinski definition) is 1. The lowest BCUT2D eigenvalue weighted by Crippen LogP contribution is -2.48. The van der Waals surface area contributed by atoms with Crippen LogP contribution in [0.15, 0.2) is 60.7 Å². The Kier molecular flexibility index (Phi) is 8.58.